The maximum absolute atomic E-state index is 12.2. The molecule has 1 amide bonds. The number of hydrogen-bond acceptors (Lipinski definition) is 5. The maximum atomic E-state index is 12.2. The lowest BCUT2D eigenvalue weighted by atomic mass is 10.3. The smallest absolute Gasteiger partial charge is 0.354 e. The van der Waals surface area contributed by atoms with Crippen LogP contribution >= 0.6 is 0 Å². The van der Waals surface area contributed by atoms with E-state index in [1.165, 1.54) is 24.5 Å². The molecule has 108 valence electrons. The monoisotopic (exact) mass is 288 g/mol. The van der Waals surface area contributed by atoms with E-state index in [4.69, 9.17) is 9.84 Å². The first-order chi connectivity index (χ1) is 10.1. The lowest BCUT2D eigenvalue weighted by Gasteiger charge is -2.15. The van der Waals surface area contributed by atoms with Crippen molar-refractivity contribution in [2.24, 2.45) is 0 Å². The lowest BCUT2D eigenvalue weighted by Crippen LogP contribution is -2.18. The summed E-state index contributed by atoms with van der Waals surface area (Å²) in [6, 6.07) is 2.80. The zero-order chi connectivity index (χ0) is 14.8. The van der Waals surface area contributed by atoms with Gasteiger partial charge in [-0.15, -0.1) is 0 Å². The topological polar surface area (TPSA) is 106 Å². The van der Waals surface area contributed by atoms with Crippen LogP contribution in [0.25, 0.3) is 0 Å². The van der Waals surface area contributed by atoms with Crippen molar-refractivity contribution in [1.29, 1.82) is 0 Å². The van der Waals surface area contributed by atoms with Crippen LogP contribution in [0.3, 0.4) is 0 Å². The number of anilines is 1. The molecule has 1 aliphatic heterocycles. The van der Waals surface area contributed by atoms with Crippen LogP contribution < -0.4 is 10.1 Å². The van der Waals surface area contributed by atoms with Crippen molar-refractivity contribution in [2.45, 2.75) is 13.0 Å². The molecule has 8 nitrogen and oxygen atoms in total. The number of aromatic nitrogens is 3. The summed E-state index contributed by atoms with van der Waals surface area (Å²) >= 11 is 0. The Morgan fingerprint density at radius 2 is 2.19 bits per heavy atom. The fraction of sp³-hybridized carbons (Fsp3) is 0.231. The minimum absolute atomic E-state index is 0.0840. The summed E-state index contributed by atoms with van der Waals surface area (Å²) in [6.45, 7) is 1.28. The Morgan fingerprint density at radius 3 is 2.90 bits per heavy atom. The lowest BCUT2D eigenvalue weighted by molar-refractivity contribution is 0.0690. The zero-order valence-electron chi connectivity index (χ0n) is 10.9. The molecule has 1 aliphatic rings. The summed E-state index contributed by atoms with van der Waals surface area (Å²) in [4.78, 5) is 26.6. The highest BCUT2D eigenvalue weighted by Gasteiger charge is 2.21. The molecule has 0 atom stereocenters. The molecule has 0 radical (unpaired) electrons. The van der Waals surface area contributed by atoms with Crippen molar-refractivity contribution in [2.75, 3.05) is 11.9 Å². The number of rotatable bonds is 3. The van der Waals surface area contributed by atoms with Crippen molar-refractivity contribution < 1.29 is 19.4 Å². The molecule has 3 heterocycles. The quantitative estimate of drug-likeness (QED) is 0.873. The van der Waals surface area contributed by atoms with Gasteiger partial charge in [0.15, 0.2) is 0 Å². The van der Waals surface area contributed by atoms with E-state index < -0.39 is 5.97 Å². The minimum Gasteiger partial charge on any atom is -0.477 e. The van der Waals surface area contributed by atoms with Gasteiger partial charge in [0.1, 0.15) is 11.3 Å². The van der Waals surface area contributed by atoms with Crippen molar-refractivity contribution in [3.8, 4) is 5.88 Å². The first-order valence-electron chi connectivity index (χ1n) is 6.34. The van der Waals surface area contributed by atoms with E-state index in [1.807, 2.05) is 0 Å². The van der Waals surface area contributed by atoms with Crippen LogP contribution in [-0.2, 0) is 6.54 Å². The van der Waals surface area contributed by atoms with Crippen LogP contribution in [0.2, 0.25) is 0 Å². The van der Waals surface area contributed by atoms with Crippen molar-refractivity contribution >= 4 is 17.6 Å². The molecule has 2 aromatic heterocycles. The minimum atomic E-state index is -1.12. The second-order valence-electron chi connectivity index (χ2n) is 4.48. The second-order valence-corrected chi connectivity index (χ2v) is 4.48. The van der Waals surface area contributed by atoms with E-state index in [0.29, 0.717) is 23.7 Å². The van der Waals surface area contributed by atoms with Crippen LogP contribution in [0.1, 0.15) is 27.3 Å². The third kappa shape index (κ3) is 2.55. The molecule has 8 heteroatoms. The van der Waals surface area contributed by atoms with Crippen molar-refractivity contribution in [1.82, 2.24) is 14.8 Å². The molecule has 0 aliphatic carbocycles. The van der Waals surface area contributed by atoms with Gasteiger partial charge in [0.2, 0.25) is 5.88 Å². The molecule has 0 aromatic carbocycles. The number of aryl methyl sites for hydroxylation is 1. The highest BCUT2D eigenvalue weighted by atomic mass is 16.5. The Morgan fingerprint density at radius 1 is 1.33 bits per heavy atom. The van der Waals surface area contributed by atoms with Gasteiger partial charge in [0.05, 0.1) is 24.7 Å². The Kier molecular flexibility index (Phi) is 3.27. The number of carboxylic acid groups (broad SMARTS) is 1. The van der Waals surface area contributed by atoms with Gasteiger partial charge < -0.3 is 15.2 Å². The third-order valence-electron chi connectivity index (χ3n) is 3.03. The van der Waals surface area contributed by atoms with Gasteiger partial charge in [-0.1, -0.05) is 0 Å². The van der Waals surface area contributed by atoms with Gasteiger partial charge >= 0.3 is 5.97 Å². The average Bonchev–Trinajstić information content (AvgIpc) is 2.92. The number of ether oxygens (including phenoxy) is 1. The molecular weight excluding hydrogens is 276 g/mol. The summed E-state index contributed by atoms with van der Waals surface area (Å²) < 4.78 is 7.09. The van der Waals surface area contributed by atoms with Crippen LogP contribution in [0, 0.1) is 0 Å². The van der Waals surface area contributed by atoms with E-state index in [0.717, 1.165) is 13.0 Å². The normalized spacial score (nSPS) is 13.1. The van der Waals surface area contributed by atoms with Crippen molar-refractivity contribution in [3.63, 3.8) is 0 Å². The van der Waals surface area contributed by atoms with Crippen LogP contribution in [0.5, 0.6) is 5.88 Å². The Hall–Kier alpha value is -2.90. The van der Waals surface area contributed by atoms with Gasteiger partial charge in [0, 0.05) is 13.0 Å². The fourth-order valence-corrected chi connectivity index (χ4v) is 2.02. The summed E-state index contributed by atoms with van der Waals surface area (Å²) in [6.07, 6.45) is 3.60. The van der Waals surface area contributed by atoms with Gasteiger partial charge in [-0.25, -0.2) is 14.5 Å². The number of fused-ring (bicyclic) bond motifs is 1. The fourth-order valence-electron chi connectivity index (χ4n) is 2.02. The Labute approximate surface area is 119 Å². The third-order valence-corrected chi connectivity index (χ3v) is 3.03. The van der Waals surface area contributed by atoms with Crippen LogP contribution in [-0.4, -0.2) is 38.4 Å². The van der Waals surface area contributed by atoms with Crippen LogP contribution in [0.15, 0.2) is 24.5 Å². The Balaban J connectivity index is 1.77. The van der Waals surface area contributed by atoms with E-state index in [2.05, 4.69) is 15.4 Å². The number of pyridine rings is 1. The van der Waals surface area contributed by atoms with Gasteiger partial charge in [0.25, 0.3) is 5.91 Å². The molecule has 0 bridgehead atoms. The number of carboxylic acids is 1. The van der Waals surface area contributed by atoms with E-state index >= 15 is 0 Å². The number of hydrogen-bond donors (Lipinski definition) is 2. The zero-order valence-corrected chi connectivity index (χ0v) is 10.9. The molecule has 0 fully saturated rings. The summed E-state index contributed by atoms with van der Waals surface area (Å²) in [7, 11) is 0. The molecule has 2 N–H and O–H groups in total. The first kappa shape index (κ1) is 13.1. The SMILES string of the molecule is O=C(O)c1ccc(NC(=O)c2cnn3c2OCCC3)cn1. The maximum Gasteiger partial charge on any atom is 0.354 e. The van der Waals surface area contributed by atoms with Crippen molar-refractivity contribution in [3.05, 3.63) is 35.8 Å². The van der Waals surface area contributed by atoms with Crippen LogP contribution in [0.4, 0.5) is 5.69 Å². The van der Waals surface area contributed by atoms with E-state index in [1.54, 1.807) is 4.68 Å². The number of nitrogens with zero attached hydrogens (tertiary/aromatic N) is 3. The molecule has 3 rings (SSSR count). The predicted octanol–water partition coefficient (Wildman–Crippen LogP) is 1.01. The summed E-state index contributed by atoms with van der Waals surface area (Å²) in [5.74, 6) is -1.04. The summed E-state index contributed by atoms with van der Waals surface area (Å²) in [5.41, 5.74) is 0.664. The largest absolute Gasteiger partial charge is 0.477 e. The molecular formula is C13H12N4O4. The number of carbonyl (C=O) groups is 2. The first-order valence-corrected chi connectivity index (χ1v) is 6.34. The van der Waals surface area contributed by atoms with E-state index in [-0.39, 0.29) is 11.6 Å². The predicted molar refractivity (Wildman–Crippen MR) is 71.5 cm³/mol. The van der Waals surface area contributed by atoms with Gasteiger partial charge in [-0.2, -0.15) is 5.10 Å². The molecule has 21 heavy (non-hydrogen) atoms. The summed E-state index contributed by atoms with van der Waals surface area (Å²) in [5, 5.41) is 15.5. The van der Waals surface area contributed by atoms with Gasteiger partial charge in [-0.3, -0.25) is 4.79 Å². The molecule has 0 saturated carbocycles. The van der Waals surface area contributed by atoms with E-state index in [9.17, 15) is 9.59 Å². The molecule has 2 aromatic rings. The second kappa shape index (κ2) is 5.23. The number of carbonyl (C=O) groups excluding carboxylic acids is 1. The van der Waals surface area contributed by atoms with Gasteiger partial charge in [-0.05, 0) is 12.1 Å². The number of amides is 1. The Bertz CT molecular complexity index is 693. The molecule has 0 unspecified atom stereocenters. The number of nitrogens with one attached hydrogen (secondary N) is 1. The number of aromatic carboxylic acids is 1. The molecule has 0 spiro atoms. The highest BCUT2D eigenvalue weighted by molar-refractivity contribution is 6.05. The highest BCUT2D eigenvalue weighted by Crippen LogP contribution is 2.23. The standard InChI is InChI=1S/C13H12N4O4/c18-11(9-7-15-17-4-1-5-21-12(9)17)16-8-2-3-10(13(19)20)14-6-8/h2-3,6-7H,1,4-5H2,(H,16,18)(H,19,20). The molecule has 0 saturated heterocycles. The average molecular weight is 288 g/mol.